The number of halogens is 6. The first-order valence-electron chi connectivity index (χ1n) is 16.6. The van der Waals surface area contributed by atoms with Gasteiger partial charge in [0.2, 0.25) is 0 Å². The third-order valence-electron chi connectivity index (χ3n) is 8.81. The predicted octanol–water partition coefficient (Wildman–Crippen LogP) is 5.14. The SMILES string of the molecule is COCCOCOc1cc(CC2CN(CC#CCN3C[C@@H](COC)OC[C@@H]3C)CCN2C(=O)c2cc(C(F)(F)F)cc(C(F)(F)F)c2)ccc1C. The molecule has 2 saturated heterocycles. The van der Waals surface area contributed by atoms with Gasteiger partial charge in [-0.1, -0.05) is 24.0 Å². The van der Waals surface area contributed by atoms with Crippen molar-refractivity contribution in [1.82, 2.24) is 14.7 Å². The van der Waals surface area contributed by atoms with Gasteiger partial charge in [-0.15, -0.1) is 0 Å². The Hall–Kier alpha value is -3.39. The molecule has 3 atom stereocenters. The van der Waals surface area contributed by atoms with Crippen molar-refractivity contribution in [3.8, 4) is 17.6 Å². The van der Waals surface area contributed by atoms with Gasteiger partial charge in [-0.05, 0) is 55.7 Å². The van der Waals surface area contributed by atoms with Crippen molar-refractivity contribution in [2.45, 2.75) is 50.8 Å². The van der Waals surface area contributed by atoms with Crippen LogP contribution in [0.25, 0.3) is 0 Å². The first-order valence-corrected chi connectivity index (χ1v) is 16.6. The smallest absolute Gasteiger partial charge is 0.416 e. The summed E-state index contributed by atoms with van der Waals surface area (Å²) in [5, 5.41) is 0. The van der Waals surface area contributed by atoms with Crippen LogP contribution in [0, 0.1) is 18.8 Å². The van der Waals surface area contributed by atoms with Gasteiger partial charge in [0.25, 0.3) is 5.91 Å². The van der Waals surface area contributed by atoms with E-state index in [-0.39, 0.29) is 38.0 Å². The molecule has 51 heavy (non-hydrogen) atoms. The predicted molar refractivity (Wildman–Crippen MR) is 176 cm³/mol. The van der Waals surface area contributed by atoms with Gasteiger partial charge in [-0.25, -0.2) is 0 Å². The van der Waals surface area contributed by atoms with E-state index in [1.54, 1.807) is 20.3 Å². The number of alkyl halides is 6. The molecule has 1 unspecified atom stereocenters. The van der Waals surface area contributed by atoms with Gasteiger partial charge >= 0.3 is 12.4 Å². The lowest BCUT2D eigenvalue weighted by atomic mass is 9.98. The number of ether oxygens (including phenoxy) is 5. The van der Waals surface area contributed by atoms with Crippen LogP contribution < -0.4 is 4.74 Å². The summed E-state index contributed by atoms with van der Waals surface area (Å²) in [5.41, 5.74) is -2.17. The highest BCUT2D eigenvalue weighted by molar-refractivity contribution is 5.95. The lowest BCUT2D eigenvalue weighted by Crippen LogP contribution is -2.56. The molecule has 1 amide bonds. The van der Waals surface area contributed by atoms with Crippen molar-refractivity contribution in [1.29, 1.82) is 0 Å². The van der Waals surface area contributed by atoms with Crippen LogP contribution in [0.1, 0.15) is 39.5 Å². The molecule has 0 bridgehead atoms. The summed E-state index contributed by atoms with van der Waals surface area (Å²) in [4.78, 5) is 19.4. The van der Waals surface area contributed by atoms with Crippen molar-refractivity contribution < 1.29 is 54.8 Å². The number of amides is 1. The lowest BCUT2D eigenvalue weighted by Gasteiger charge is -2.41. The third-order valence-corrected chi connectivity index (χ3v) is 8.81. The number of hydrogen-bond acceptors (Lipinski definition) is 8. The number of rotatable bonds is 13. The summed E-state index contributed by atoms with van der Waals surface area (Å²) >= 11 is 0. The van der Waals surface area contributed by atoms with E-state index in [0.29, 0.717) is 77.0 Å². The molecule has 0 radical (unpaired) electrons. The molecule has 0 spiro atoms. The van der Waals surface area contributed by atoms with Crippen molar-refractivity contribution >= 4 is 5.91 Å². The molecule has 0 aliphatic carbocycles. The number of carbonyl (C=O) groups is 1. The summed E-state index contributed by atoms with van der Waals surface area (Å²) in [6.07, 6.45) is -9.95. The molecule has 2 aromatic carbocycles. The van der Waals surface area contributed by atoms with E-state index in [4.69, 9.17) is 23.7 Å². The van der Waals surface area contributed by atoms with Crippen LogP contribution in [0.5, 0.6) is 5.75 Å². The van der Waals surface area contributed by atoms with Gasteiger partial charge in [-0.3, -0.25) is 14.6 Å². The molecule has 2 fully saturated rings. The summed E-state index contributed by atoms with van der Waals surface area (Å²) in [5.74, 6) is 6.04. The van der Waals surface area contributed by atoms with E-state index in [2.05, 4.69) is 23.7 Å². The molecule has 2 aliphatic rings. The first kappa shape index (κ1) is 40.4. The fraction of sp³-hybridized carbons (Fsp3) is 0.583. The molecule has 0 N–H and O–H groups in total. The van der Waals surface area contributed by atoms with Crippen molar-refractivity contribution in [3.63, 3.8) is 0 Å². The highest BCUT2D eigenvalue weighted by Gasteiger charge is 2.39. The Bertz CT molecular complexity index is 1480. The Morgan fingerprint density at radius 1 is 0.922 bits per heavy atom. The molecule has 2 heterocycles. The van der Waals surface area contributed by atoms with E-state index < -0.39 is 41.0 Å². The monoisotopic (exact) mass is 729 g/mol. The van der Waals surface area contributed by atoms with Crippen LogP contribution in [-0.2, 0) is 37.7 Å². The minimum Gasteiger partial charge on any atom is -0.467 e. The number of nitrogens with zero attached hydrogens (tertiary/aromatic N) is 3. The zero-order valence-electron chi connectivity index (χ0n) is 29.2. The average molecular weight is 730 g/mol. The molecule has 0 aromatic heterocycles. The fourth-order valence-corrected chi connectivity index (χ4v) is 5.96. The third kappa shape index (κ3) is 11.8. The Balaban J connectivity index is 1.55. The van der Waals surface area contributed by atoms with Crippen molar-refractivity contribution in [2.24, 2.45) is 0 Å². The van der Waals surface area contributed by atoms with Gasteiger partial charge in [0, 0.05) is 58.0 Å². The van der Waals surface area contributed by atoms with Crippen LogP contribution in [0.2, 0.25) is 0 Å². The lowest BCUT2D eigenvalue weighted by molar-refractivity contribution is -0.143. The molecule has 9 nitrogen and oxygen atoms in total. The standard InChI is InChI=1S/C36H45F6N3O6/c1-25-7-8-27(16-33(25)51-24-49-14-13-47-3)15-31-20-43(9-5-6-10-44-21-32(23-48-4)50-22-26(44)2)11-12-45(31)34(46)28-17-29(35(37,38)39)19-30(18-28)36(40,41)42/h7-8,16-19,26,31-32H,9-15,20-24H2,1-4H3/t26-,31?,32-/m0/s1. The summed E-state index contributed by atoms with van der Waals surface area (Å²) in [6, 6.07) is 6.05. The highest BCUT2D eigenvalue weighted by Crippen LogP contribution is 2.37. The van der Waals surface area contributed by atoms with Gasteiger partial charge in [0.15, 0.2) is 6.79 Å². The van der Waals surface area contributed by atoms with Gasteiger partial charge in [0.1, 0.15) is 5.75 Å². The van der Waals surface area contributed by atoms with Crippen molar-refractivity contribution in [2.75, 3.05) is 86.7 Å². The van der Waals surface area contributed by atoms with Gasteiger partial charge in [-0.2, -0.15) is 26.3 Å². The Morgan fingerprint density at radius 3 is 2.29 bits per heavy atom. The summed E-state index contributed by atoms with van der Waals surface area (Å²) in [7, 11) is 3.18. The summed E-state index contributed by atoms with van der Waals surface area (Å²) in [6.45, 7) is 7.91. The van der Waals surface area contributed by atoms with Crippen LogP contribution in [0.15, 0.2) is 36.4 Å². The Kier molecular flexibility index (Phi) is 14.6. The number of benzene rings is 2. The first-order chi connectivity index (χ1) is 24.2. The zero-order valence-corrected chi connectivity index (χ0v) is 29.2. The molecule has 282 valence electrons. The van der Waals surface area contributed by atoms with E-state index in [1.165, 1.54) is 4.90 Å². The van der Waals surface area contributed by atoms with Gasteiger partial charge in [0.05, 0.1) is 56.7 Å². The molecule has 2 aliphatic heterocycles. The average Bonchev–Trinajstić information content (AvgIpc) is 3.08. The number of hydrogen-bond donors (Lipinski definition) is 0. The molecule has 4 rings (SSSR count). The van der Waals surface area contributed by atoms with Crippen LogP contribution in [-0.4, -0.2) is 126 Å². The number of methoxy groups -OCH3 is 2. The Morgan fingerprint density at radius 2 is 1.63 bits per heavy atom. The Labute approximate surface area is 294 Å². The molecule has 2 aromatic rings. The van der Waals surface area contributed by atoms with Crippen LogP contribution in [0.4, 0.5) is 26.3 Å². The summed E-state index contributed by atoms with van der Waals surface area (Å²) < 4.78 is 109. The van der Waals surface area contributed by atoms with Crippen LogP contribution >= 0.6 is 0 Å². The maximum absolute atomic E-state index is 13.8. The minimum atomic E-state index is -5.08. The van der Waals surface area contributed by atoms with E-state index in [1.807, 2.05) is 24.0 Å². The maximum atomic E-state index is 13.8. The number of carbonyl (C=O) groups excluding carboxylic acids is 1. The normalized spacial score (nSPS) is 20.6. The minimum absolute atomic E-state index is 0.0209. The number of aryl methyl sites for hydroxylation is 1. The molecular formula is C36H45F6N3O6. The maximum Gasteiger partial charge on any atom is 0.416 e. The van der Waals surface area contributed by atoms with Crippen LogP contribution in [0.3, 0.4) is 0 Å². The number of morpholine rings is 1. The van der Waals surface area contributed by atoms with E-state index in [9.17, 15) is 31.1 Å². The molecule has 15 heteroatoms. The molecular weight excluding hydrogens is 684 g/mol. The van der Waals surface area contributed by atoms with E-state index >= 15 is 0 Å². The quantitative estimate of drug-likeness (QED) is 0.122. The second kappa shape index (κ2) is 18.4. The topological polar surface area (TPSA) is 72.9 Å². The van der Waals surface area contributed by atoms with Crippen molar-refractivity contribution in [3.05, 3.63) is 64.2 Å². The largest absolute Gasteiger partial charge is 0.467 e. The fourth-order valence-electron chi connectivity index (χ4n) is 5.96. The van der Waals surface area contributed by atoms with E-state index in [0.717, 1.165) is 11.1 Å². The highest BCUT2D eigenvalue weighted by atomic mass is 19.4. The molecule has 0 saturated carbocycles. The zero-order chi connectivity index (χ0) is 37.2. The van der Waals surface area contributed by atoms with Gasteiger partial charge < -0.3 is 28.6 Å². The second-order valence-corrected chi connectivity index (χ2v) is 12.7. The number of piperazine rings is 1. The second-order valence-electron chi connectivity index (χ2n) is 12.7.